The largest absolute Gasteiger partial charge is 0.480 e. The fourth-order valence-corrected chi connectivity index (χ4v) is 1.40. The zero-order valence-corrected chi connectivity index (χ0v) is 8.22. The predicted octanol–water partition coefficient (Wildman–Crippen LogP) is -1.83. The first kappa shape index (κ1) is 11.7. The smallest absolute Gasteiger partial charge is 0.328 e. The van der Waals surface area contributed by atoms with E-state index in [1.165, 1.54) is 4.90 Å². The van der Waals surface area contributed by atoms with Gasteiger partial charge in [0.25, 0.3) is 0 Å². The van der Waals surface area contributed by atoms with E-state index in [2.05, 4.69) is 5.32 Å². The van der Waals surface area contributed by atoms with Gasteiger partial charge in [-0.3, -0.25) is 0 Å². The quantitative estimate of drug-likeness (QED) is 0.444. The average molecular weight is 217 g/mol. The highest BCUT2D eigenvalue weighted by Crippen LogP contribution is 2.06. The van der Waals surface area contributed by atoms with Crippen molar-refractivity contribution in [1.29, 1.82) is 0 Å². The number of carbonyl (C=O) groups excluding carboxylic acids is 1. The summed E-state index contributed by atoms with van der Waals surface area (Å²) in [7, 11) is 0. The fourth-order valence-electron chi connectivity index (χ4n) is 1.40. The molecule has 7 nitrogen and oxygen atoms in total. The van der Waals surface area contributed by atoms with Crippen molar-refractivity contribution in [1.82, 2.24) is 10.2 Å². The first-order chi connectivity index (χ1) is 7.04. The Morgan fingerprint density at radius 2 is 2.27 bits per heavy atom. The maximum absolute atomic E-state index is 11.4. The molecule has 2 amide bonds. The number of hydrogen-bond donors (Lipinski definition) is 4. The first-order valence-corrected chi connectivity index (χ1v) is 4.69. The van der Waals surface area contributed by atoms with E-state index in [9.17, 15) is 9.59 Å². The number of aliphatic hydroxyl groups is 1. The average Bonchev–Trinajstić information content (AvgIpc) is 2.60. The molecule has 0 aliphatic carbocycles. The van der Waals surface area contributed by atoms with Crippen LogP contribution in [0.3, 0.4) is 0 Å². The van der Waals surface area contributed by atoms with Gasteiger partial charge in [-0.1, -0.05) is 0 Å². The summed E-state index contributed by atoms with van der Waals surface area (Å²) < 4.78 is 0. The van der Waals surface area contributed by atoms with Gasteiger partial charge < -0.3 is 26.2 Å². The summed E-state index contributed by atoms with van der Waals surface area (Å²) in [6.45, 7) is 0.315. The van der Waals surface area contributed by atoms with Gasteiger partial charge >= 0.3 is 12.0 Å². The lowest BCUT2D eigenvalue weighted by Crippen LogP contribution is -2.49. The van der Waals surface area contributed by atoms with Gasteiger partial charge in [0.2, 0.25) is 0 Å². The van der Waals surface area contributed by atoms with E-state index in [1.807, 2.05) is 0 Å². The van der Waals surface area contributed by atoms with Crippen LogP contribution < -0.4 is 11.1 Å². The van der Waals surface area contributed by atoms with Gasteiger partial charge in [-0.25, -0.2) is 9.59 Å². The molecule has 1 aliphatic heterocycles. The highest BCUT2D eigenvalue weighted by atomic mass is 16.4. The van der Waals surface area contributed by atoms with Crippen LogP contribution in [0.25, 0.3) is 0 Å². The third kappa shape index (κ3) is 3.07. The minimum absolute atomic E-state index is 0.0480. The van der Waals surface area contributed by atoms with Crippen LogP contribution in [0.5, 0.6) is 0 Å². The maximum atomic E-state index is 11.4. The Bertz CT molecular complexity index is 258. The zero-order valence-electron chi connectivity index (χ0n) is 8.22. The van der Waals surface area contributed by atoms with Gasteiger partial charge in [0.15, 0.2) is 6.04 Å². The monoisotopic (exact) mass is 217 g/mol. The number of urea groups is 1. The Kier molecular flexibility index (Phi) is 3.87. The molecule has 1 saturated heterocycles. The van der Waals surface area contributed by atoms with Crippen molar-refractivity contribution in [3.8, 4) is 0 Å². The summed E-state index contributed by atoms with van der Waals surface area (Å²) in [4.78, 5) is 23.4. The number of amides is 2. The van der Waals surface area contributed by atoms with Crippen molar-refractivity contribution in [2.24, 2.45) is 5.73 Å². The van der Waals surface area contributed by atoms with Crippen LogP contribution in [0.2, 0.25) is 0 Å². The number of nitrogens with one attached hydrogen (secondary N) is 1. The van der Waals surface area contributed by atoms with Crippen molar-refractivity contribution >= 4 is 12.0 Å². The molecular formula is C8H15N3O4. The molecule has 0 aromatic carbocycles. The second-order valence-corrected chi connectivity index (χ2v) is 3.52. The van der Waals surface area contributed by atoms with E-state index < -0.39 is 24.6 Å². The molecule has 0 spiro atoms. The molecule has 1 aliphatic rings. The van der Waals surface area contributed by atoms with Gasteiger partial charge in [-0.2, -0.15) is 0 Å². The highest BCUT2D eigenvalue weighted by Gasteiger charge is 2.27. The third-order valence-corrected chi connectivity index (χ3v) is 2.29. The second-order valence-electron chi connectivity index (χ2n) is 3.52. The molecule has 5 N–H and O–H groups in total. The number of carboxylic acids is 1. The lowest BCUT2D eigenvalue weighted by atomic mass is 10.3. The minimum Gasteiger partial charge on any atom is -0.480 e. The molecular weight excluding hydrogens is 202 g/mol. The Morgan fingerprint density at radius 1 is 1.60 bits per heavy atom. The summed E-state index contributed by atoms with van der Waals surface area (Å²) in [6.07, 6.45) is 0.713. The van der Waals surface area contributed by atoms with Crippen LogP contribution in [0.15, 0.2) is 0 Å². The summed E-state index contributed by atoms with van der Waals surface area (Å²) in [5.41, 5.74) is 5.60. The van der Waals surface area contributed by atoms with E-state index in [4.69, 9.17) is 15.9 Å². The second kappa shape index (κ2) is 4.94. The summed E-state index contributed by atoms with van der Waals surface area (Å²) >= 11 is 0. The van der Waals surface area contributed by atoms with Gasteiger partial charge in [-0.05, 0) is 6.42 Å². The molecule has 1 heterocycles. The number of nitrogens with zero attached hydrogens (tertiary/aromatic N) is 1. The van der Waals surface area contributed by atoms with Crippen LogP contribution in [0.4, 0.5) is 4.79 Å². The Labute approximate surface area is 86.8 Å². The zero-order chi connectivity index (χ0) is 11.4. The van der Waals surface area contributed by atoms with Crippen LogP contribution in [0, 0.1) is 0 Å². The first-order valence-electron chi connectivity index (χ1n) is 4.69. The minimum atomic E-state index is -1.26. The summed E-state index contributed by atoms with van der Waals surface area (Å²) in [5.74, 6) is -1.26. The van der Waals surface area contributed by atoms with E-state index in [1.54, 1.807) is 0 Å². The van der Waals surface area contributed by atoms with E-state index >= 15 is 0 Å². The summed E-state index contributed by atoms with van der Waals surface area (Å²) in [5, 5.41) is 19.5. The SMILES string of the molecule is NC1CCN(C(=O)N[C@H](CO)C(=O)O)C1. The molecule has 0 radical (unpaired) electrons. The molecule has 0 aromatic rings. The number of aliphatic carboxylic acids is 1. The molecule has 1 unspecified atom stereocenters. The number of carboxylic acid groups (broad SMARTS) is 1. The predicted molar refractivity (Wildman–Crippen MR) is 51.2 cm³/mol. The topological polar surface area (TPSA) is 116 Å². The van der Waals surface area contributed by atoms with Gasteiger partial charge in [0, 0.05) is 19.1 Å². The van der Waals surface area contributed by atoms with Crippen LogP contribution in [-0.2, 0) is 4.79 Å². The van der Waals surface area contributed by atoms with E-state index in [0.29, 0.717) is 19.5 Å². The van der Waals surface area contributed by atoms with Crippen LogP contribution in [-0.4, -0.2) is 58.9 Å². The van der Waals surface area contributed by atoms with Crippen molar-refractivity contribution in [3.05, 3.63) is 0 Å². The standard InChI is InChI=1S/C8H15N3O4/c9-5-1-2-11(3-5)8(15)10-6(4-12)7(13)14/h5-6,12H,1-4,9H2,(H,10,15)(H,13,14)/t5?,6-/m1/s1. The van der Waals surface area contributed by atoms with Crippen LogP contribution >= 0.6 is 0 Å². The molecule has 7 heteroatoms. The van der Waals surface area contributed by atoms with Gasteiger partial charge in [0.05, 0.1) is 6.61 Å². The lowest BCUT2D eigenvalue weighted by molar-refractivity contribution is -0.140. The molecule has 0 bridgehead atoms. The molecule has 2 atom stereocenters. The number of nitrogens with two attached hydrogens (primary N) is 1. The van der Waals surface area contributed by atoms with Gasteiger partial charge in [-0.15, -0.1) is 0 Å². The number of carbonyl (C=O) groups is 2. The van der Waals surface area contributed by atoms with Crippen molar-refractivity contribution in [2.75, 3.05) is 19.7 Å². The number of aliphatic hydroxyl groups excluding tert-OH is 1. The van der Waals surface area contributed by atoms with Crippen LogP contribution in [0.1, 0.15) is 6.42 Å². The normalized spacial score (nSPS) is 22.5. The number of likely N-dealkylation sites (tertiary alicyclic amines) is 1. The van der Waals surface area contributed by atoms with E-state index in [0.717, 1.165) is 0 Å². The molecule has 15 heavy (non-hydrogen) atoms. The van der Waals surface area contributed by atoms with Crippen molar-refractivity contribution < 1.29 is 19.8 Å². The highest BCUT2D eigenvalue weighted by molar-refractivity contribution is 5.82. The fraction of sp³-hybridized carbons (Fsp3) is 0.750. The number of hydrogen-bond acceptors (Lipinski definition) is 4. The maximum Gasteiger partial charge on any atom is 0.328 e. The number of rotatable bonds is 3. The lowest BCUT2D eigenvalue weighted by Gasteiger charge is -2.19. The molecule has 86 valence electrons. The third-order valence-electron chi connectivity index (χ3n) is 2.29. The van der Waals surface area contributed by atoms with E-state index in [-0.39, 0.29) is 6.04 Å². The molecule has 1 rings (SSSR count). The molecule has 1 fully saturated rings. The Morgan fingerprint density at radius 3 is 2.67 bits per heavy atom. The molecule has 0 aromatic heterocycles. The molecule has 0 saturated carbocycles. The summed E-state index contributed by atoms with van der Waals surface area (Å²) in [6, 6.07) is -1.80. The van der Waals surface area contributed by atoms with Crippen molar-refractivity contribution in [2.45, 2.75) is 18.5 Å². The Hall–Kier alpha value is -1.34. The van der Waals surface area contributed by atoms with Gasteiger partial charge in [0.1, 0.15) is 0 Å². The Balaban J connectivity index is 2.44. The van der Waals surface area contributed by atoms with Crippen molar-refractivity contribution in [3.63, 3.8) is 0 Å².